The summed E-state index contributed by atoms with van der Waals surface area (Å²) in [6, 6.07) is 16.4. The average molecular weight is 420 g/mol. The molecule has 0 aliphatic carbocycles. The summed E-state index contributed by atoms with van der Waals surface area (Å²) in [5.74, 6) is 0.342. The lowest BCUT2D eigenvalue weighted by Crippen LogP contribution is -1.87. The molecule has 0 spiro atoms. The van der Waals surface area contributed by atoms with Crippen molar-refractivity contribution in [2.24, 2.45) is 0 Å². The van der Waals surface area contributed by atoms with E-state index in [2.05, 4.69) is 25.1 Å². The first kappa shape index (κ1) is 18.4. The molecular weight excluding hydrogens is 403 g/mol. The molecule has 6 aromatic rings. The molecule has 0 amide bonds. The Morgan fingerprint density at radius 1 is 0.906 bits per heavy atom. The monoisotopic (exact) mass is 420 g/mol. The second-order valence-corrected chi connectivity index (χ2v) is 7.68. The van der Waals surface area contributed by atoms with Crippen LogP contribution in [-0.4, -0.2) is 30.1 Å². The van der Waals surface area contributed by atoms with Gasteiger partial charge in [-0.1, -0.05) is 24.3 Å². The highest BCUT2D eigenvalue weighted by molar-refractivity contribution is 5.97. The van der Waals surface area contributed by atoms with E-state index in [0.29, 0.717) is 17.2 Å². The van der Waals surface area contributed by atoms with Gasteiger partial charge in [0.1, 0.15) is 11.5 Å². The number of aryl methyl sites for hydroxylation is 1. The number of pyridine rings is 2. The van der Waals surface area contributed by atoms with Crippen LogP contribution in [0.3, 0.4) is 0 Å². The maximum atomic E-state index is 13.8. The van der Waals surface area contributed by atoms with Crippen molar-refractivity contribution in [1.82, 2.24) is 30.1 Å². The maximum absolute atomic E-state index is 13.8. The number of halogens is 1. The number of benzene rings is 2. The molecular formula is C25H17FN6. The minimum atomic E-state index is -0.280. The van der Waals surface area contributed by atoms with Crippen molar-refractivity contribution >= 4 is 22.1 Å². The first-order valence-electron chi connectivity index (χ1n) is 10.2. The van der Waals surface area contributed by atoms with E-state index in [0.717, 1.165) is 44.2 Å². The van der Waals surface area contributed by atoms with Crippen LogP contribution in [0.25, 0.3) is 55.8 Å². The summed E-state index contributed by atoms with van der Waals surface area (Å²) in [5, 5.41) is 8.33. The molecule has 32 heavy (non-hydrogen) atoms. The molecule has 2 aromatic carbocycles. The van der Waals surface area contributed by atoms with Crippen LogP contribution in [0.5, 0.6) is 0 Å². The van der Waals surface area contributed by atoms with Crippen LogP contribution < -0.4 is 0 Å². The average Bonchev–Trinajstić information content (AvgIpc) is 3.42. The predicted octanol–water partition coefficient (Wildman–Crippen LogP) is 5.68. The molecule has 4 heterocycles. The van der Waals surface area contributed by atoms with Gasteiger partial charge in [0.2, 0.25) is 0 Å². The number of para-hydroxylation sites is 1. The lowest BCUT2D eigenvalue weighted by molar-refractivity contribution is 0.628. The Morgan fingerprint density at radius 2 is 1.81 bits per heavy atom. The molecule has 0 saturated carbocycles. The van der Waals surface area contributed by atoms with Gasteiger partial charge in [-0.3, -0.25) is 10.1 Å². The Hall–Kier alpha value is -4.39. The number of aromatic nitrogens is 6. The molecule has 0 aliphatic heterocycles. The van der Waals surface area contributed by atoms with E-state index < -0.39 is 0 Å². The molecule has 0 unspecified atom stereocenters. The highest BCUT2D eigenvalue weighted by atomic mass is 19.1. The van der Waals surface area contributed by atoms with Crippen LogP contribution >= 0.6 is 0 Å². The lowest BCUT2D eigenvalue weighted by Gasteiger charge is -2.04. The molecule has 154 valence electrons. The Balaban J connectivity index is 1.52. The second-order valence-electron chi connectivity index (χ2n) is 7.68. The molecule has 0 fully saturated rings. The standard InChI is InChI=1S/C25H17FN6/c1-14-8-9-27-13-20(14)16-11-19-23(31-32-24(19)28-12-16)25-29-21-7-3-6-18(22(21)30-25)15-4-2-5-17(26)10-15/h2-13H,1H3,(H,29,30)(H,28,31,32). The fourth-order valence-corrected chi connectivity index (χ4v) is 4.03. The topological polar surface area (TPSA) is 83.1 Å². The molecule has 6 nitrogen and oxygen atoms in total. The van der Waals surface area contributed by atoms with Gasteiger partial charge >= 0.3 is 0 Å². The van der Waals surface area contributed by atoms with Crippen LogP contribution in [0.4, 0.5) is 4.39 Å². The van der Waals surface area contributed by atoms with E-state index in [1.165, 1.54) is 12.1 Å². The van der Waals surface area contributed by atoms with Gasteiger partial charge in [-0.25, -0.2) is 14.4 Å². The third kappa shape index (κ3) is 2.94. The molecule has 0 radical (unpaired) electrons. The number of imidazole rings is 1. The molecule has 0 saturated heterocycles. The van der Waals surface area contributed by atoms with E-state index in [4.69, 9.17) is 4.98 Å². The van der Waals surface area contributed by atoms with Crippen molar-refractivity contribution in [3.63, 3.8) is 0 Å². The fourth-order valence-electron chi connectivity index (χ4n) is 4.03. The zero-order valence-electron chi connectivity index (χ0n) is 17.1. The number of fused-ring (bicyclic) bond motifs is 2. The zero-order valence-corrected chi connectivity index (χ0v) is 17.1. The third-order valence-electron chi connectivity index (χ3n) is 5.64. The Morgan fingerprint density at radius 3 is 2.69 bits per heavy atom. The lowest BCUT2D eigenvalue weighted by atomic mass is 10.0. The van der Waals surface area contributed by atoms with Crippen molar-refractivity contribution < 1.29 is 4.39 Å². The van der Waals surface area contributed by atoms with Crippen LogP contribution in [0, 0.1) is 12.7 Å². The van der Waals surface area contributed by atoms with Gasteiger partial charge in [0.05, 0.1) is 16.4 Å². The number of nitrogens with one attached hydrogen (secondary N) is 2. The van der Waals surface area contributed by atoms with Gasteiger partial charge in [0, 0.05) is 35.3 Å². The molecule has 0 bridgehead atoms. The van der Waals surface area contributed by atoms with Gasteiger partial charge in [-0.05, 0) is 48.4 Å². The van der Waals surface area contributed by atoms with Crippen molar-refractivity contribution in [3.05, 3.63) is 84.6 Å². The summed E-state index contributed by atoms with van der Waals surface area (Å²) in [7, 11) is 0. The molecule has 2 N–H and O–H groups in total. The highest BCUT2D eigenvalue weighted by Crippen LogP contribution is 2.33. The van der Waals surface area contributed by atoms with Crippen LogP contribution in [0.2, 0.25) is 0 Å². The zero-order chi connectivity index (χ0) is 21.7. The van der Waals surface area contributed by atoms with Crippen molar-refractivity contribution in [3.8, 4) is 33.8 Å². The van der Waals surface area contributed by atoms with E-state index in [1.54, 1.807) is 12.3 Å². The third-order valence-corrected chi connectivity index (χ3v) is 5.64. The summed E-state index contributed by atoms with van der Waals surface area (Å²) < 4.78 is 13.8. The highest BCUT2D eigenvalue weighted by Gasteiger charge is 2.17. The number of aromatic amines is 2. The van der Waals surface area contributed by atoms with Gasteiger partial charge in [0.25, 0.3) is 0 Å². The molecule has 4 aromatic heterocycles. The minimum absolute atomic E-state index is 0.280. The van der Waals surface area contributed by atoms with E-state index >= 15 is 0 Å². The Bertz CT molecular complexity index is 1610. The van der Waals surface area contributed by atoms with Gasteiger partial charge in [-0.2, -0.15) is 5.10 Å². The molecule has 0 aliphatic rings. The van der Waals surface area contributed by atoms with E-state index in [1.807, 2.05) is 55.7 Å². The van der Waals surface area contributed by atoms with Crippen molar-refractivity contribution in [2.45, 2.75) is 6.92 Å². The van der Waals surface area contributed by atoms with Gasteiger partial charge in [0.15, 0.2) is 11.5 Å². The largest absolute Gasteiger partial charge is 0.337 e. The fraction of sp³-hybridized carbons (Fsp3) is 0.0400. The summed E-state index contributed by atoms with van der Waals surface area (Å²) in [6.07, 6.45) is 5.43. The van der Waals surface area contributed by atoms with Crippen LogP contribution in [0.15, 0.2) is 73.2 Å². The van der Waals surface area contributed by atoms with Crippen molar-refractivity contribution in [2.75, 3.05) is 0 Å². The number of hydrogen-bond acceptors (Lipinski definition) is 4. The van der Waals surface area contributed by atoms with Crippen LogP contribution in [-0.2, 0) is 0 Å². The smallest absolute Gasteiger partial charge is 0.159 e. The van der Waals surface area contributed by atoms with Gasteiger partial charge < -0.3 is 4.98 Å². The van der Waals surface area contributed by atoms with E-state index in [9.17, 15) is 4.39 Å². The number of H-pyrrole nitrogens is 2. The first-order chi connectivity index (χ1) is 15.7. The predicted molar refractivity (Wildman–Crippen MR) is 122 cm³/mol. The quantitative estimate of drug-likeness (QED) is 0.386. The summed E-state index contributed by atoms with van der Waals surface area (Å²) >= 11 is 0. The molecule has 0 atom stereocenters. The second kappa shape index (κ2) is 7.09. The normalized spacial score (nSPS) is 11.4. The minimum Gasteiger partial charge on any atom is -0.337 e. The SMILES string of the molecule is Cc1ccncc1-c1cnc2[nH]nc(-c3nc4c(-c5cccc(F)c5)cccc4[nH]3)c2c1. The maximum Gasteiger partial charge on any atom is 0.159 e. The Kier molecular flexibility index (Phi) is 4.07. The number of hydrogen-bond donors (Lipinski definition) is 2. The van der Waals surface area contributed by atoms with E-state index in [-0.39, 0.29) is 5.82 Å². The molecule has 6 rings (SSSR count). The Labute approximate surface area is 182 Å². The summed E-state index contributed by atoms with van der Waals surface area (Å²) in [4.78, 5) is 17.0. The number of nitrogens with zero attached hydrogens (tertiary/aromatic N) is 4. The molecule has 7 heteroatoms. The summed E-state index contributed by atoms with van der Waals surface area (Å²) in [5.41, 5.74) is 7.70. The first-order valence-corrected chi connectivity index (χ1v) is 10.2. The van der Waals surface area contributed by atoms with Crippen LogP contribution in [0.1, 0.15) is 5.56 Å². The van der Waals surface area contributed by atoms with Gasteiger partial charge in [-0.15, -0.1) is 0 Å². The summed E-state index contributed by atoms with van der Waals surface area (Å²) in [6.45, 7) is 2.05. The number of rotatable bonds is 3. The van der Waals surface area contributed by atoms with Crippen molar-refractivity contribution in [1.29, 1.82) is 0 Å².